The molecule has 0 bridgehead atoms. The Hall–Kier alpha value is -2.39. The Labute approximate surface area is 127 Å². The largest absolute Gasteiger partial charge is 0.461 e. The van der Waals surface area contributed by atoms with Crippen LogP contribution in [-0.2, 0) is 0 Å². The third-order valence-corrected chi connectivity index (χ3v) is 4.13. The number of aromatic nitrogens is 5. The van der Waals surface area contributed by atoms with Crippen LogP contribution < -0.4 is 5.73 Å². The molecule has 0 saturated heterocycles. The molecule has 0 atom stereocenters. The predicted molar refractivity (Wildman–Crippen MR) is 81.3 cm³/mol. The number of thiol groups is 1. The molecule has 0 unspecified atom stereocenters. The van der Waals surface area contributed by atoms with Crippen molar-refractivity contribution >= 4 is 35.6 Å². The third-order valence-electron chi connectivity index (χ3n) is 2.86. The van der Waals surface area contributed by atoms with Gasteiger partial charge in [0.05, 0.1) is 11.8 Å². The molecule has 21 heavy (non-hydrogen) atoms. The van der Waals surface area contributed by atoms with Crippen LogP contribution in [0.3, 0.4) is 0 Å². The van der Waals surface area contributed by atoms with Gasteiger partial charge in [-0.3, -0.25) is 0 Å². The van der Waals surface area contributed by atoms with Crippen molar-refractivity contribution in [3.8, 4) is 22.2 Å². The number of thiazole rings is 1. The lowest BCUT2D eigenvalue weighted by molar-refractivity contribution is 0.577. The van der Waals surface area contributed by atoms with Crippen molar-refractivity contribution < 1.29 is 4.42 Å². The number of nitrogen functional groups attached to an aromatic ring is 1. The lowest BCUT2D eigenvalue weighted by Gasteiger charge is -2.00. The highest BCUT2D eigenvalue weighted by Crippen LogP contribution is 2.29. The van der Waals surface area contributed by atoms with Crippen LogP contribution in [0.1, 0.15) is 0 Å². The van der Waals surface area contributed by atoms with E-state index in [1.165, 1.54) is 15.9 Å². The summed E-state index contributed by atoms with van der Waals surface area (Å²) in [5, 5.41) is 7.58. The Kier molecular flexibility index (Phi) is 2.69. The first kappa shape index (κ1) is 12.4. The number of fused-ring (bicyclic) bond motifs is 1. The van der Waals surface area contributed by atoms with Crippen molar-refractivity contribution in [2.45, 2.75) is 5.03 Å². The minimum Gasteiger partial charge on any atom is -0.461 e. The fourth-order valence-corrected chi connectivity index (χ4v) is 2.96. The van der Waals surface area contributed by atoms with E-state index in [1.807, 2.05) is 5.38 Å². The number of hydrogen-bond donors (Lipinski definition) is 2. The first-order valence-electron chi connectivity index (χ1n) is 5.92. The zero-order valence-corrected chi connectivity index (χ0v) is 12.2. The zero-order chi connectivity index (χ0) is 14.4. The maximum atomic E-state index is 5.86. The third kappa shape index (κ3) is 1.98. The average molecular weight is 316 g/mol. The molecule has 9 heteroatoms. The number of nitrogens with two attached hydrogens (primary N) is 1. The van der Waals surface area contributed by atoms with Crippen LogP contribution >= 0.6 is 24.0 Å². The lowest BCUT2D eigenvalue weighted by atomic mass is 10.3. The normalized spacial score (nSPS) is 11.3. The smallest absolute Gasteiger partial charge is 0.223 e. The Morgan fingerprint density at radius 2 is 2.24 bits per heavy atom. The SMILES string of the molecule is Nc1ncc(-c2nc(S)cs2)c2nc(-c3ccco3)nn12. The van der Waals surface area contributed by atoms with Crippen LogP contribution in [0.4, 0.5) is 5.95 Å². The van der Waals surface area contributed by atoms with Gasteiger partial charge in [-0.05, 0) is 12.1 Å². The van der Waals surface area contributed by atoms with Crippen LogP contribution in [0.2, 0.25) is 0 Å². The molecule has 104 valence electrons. The van der Waals surface area contributed by atoms with E-state index in [2.05, 4.69) is 32.7 Å². The highest BCUT2D eigenvalue weighted by Gasteiger charge is 2.17. The monoisotopic (exact) mass is 316 g/mol. The Morgan fingerprint density at radius 3 is 2.95 bits per heavy atom. The number of furan rings is 1. The molecule has 0 radical (unpaired) electrons. The minimum absolute atomic E-state index is 0.252. The predicted octanol–water partition coefficient (Wildman–Crippen LogP) is 2.38. The Balaban J connectivity index is 1.98. The molecule has 0 fully saturated rings. The van der Waals surface area contributed by atoms with E-state index in [0.717, 1.165) is 10.6 Å². The van der Waals surface area contributed by atoms with Crippen molar-refractivity contribution in [3.63, 3.8) is 0 Å². The average Bonchev–Trinajstić information content (AvgIpc) is 3.18. The Morgan fingerprint density at radius 1 is 1.33 bits per heavy atom. The van der Waals surface area contributed by atoms with Crippen molar-refractivity contribution in [1.29, 1.82) is 0 Å². The van der Waals surface area contributed by atoms with E-state index in [4.69, 9.17) is 10.2 Å². The summed E-state index contributed by atoms with van der Waals surface area (Å²) >= 11 is 5.68. The molecule has 0 spiro atoms. The van der Waals surface area contributed by atoms with E-state index in [1.54, 1.807) is 24.6 Å². The number of hydrogen-bond acceptors (Lipinski definition) is 8. The van der Waals surface area contributed by atoms with Crippen LogP contribution in [0, 0.1) is 0 Å². The van der Waals surface area contributed by atoms with Gasteiger partial charge in [0.25, 0.3) is 0 Å². The van der Waals surface area contributed by atoms with E-state index in [-0.39, 0.29) is 5.95 Å². The second kappa shape index (κ2) is 4.57. The lowest BCUT2D eigenvalue weighted by Crippen LogP contribution is -2.02. The summed E-state index contributed by atoms with van der Waals surface area (Å²) in [4.78, 5) is 12.9. The number of rotatable bonds is 2. The van der Waals surface area contributed by atoms with Crippen molar-refractivity contribution in [2.24, 2.45) is 0 Å². The Bertz CT molecular complexity index is 927. The summed E-state index contributed by atoms with van der Waals surface area (Å²) in [5.74, 6) is 1.27. The molecule has 0 aliphatic heterocycles. The molecule has 0 aromatic carbocycles. The first-order chi connectivity index (χ1) is 10.2. The summed E-state index contributed by atoms with van der Waals surface area (Å²) in [6.07, 6.45) is 3.20. The standard InChI is InChI=1S/C12H8N6OS2/c13-12-14-4-6(11-15-8(20)5-21-11)10-16-9(17-18(10)12)7-2-1-3-19-7/h1-5,20H,(H2,13,14). The summed E-state index contributed by atoms with van der Waals surface area (Å²) in [6, 6.07) is 3.56. The van der Waals surface area contributed by atoms with E-state index in [9.17, 15) is 0 Å². The summed E-state index contributed by atoms with van der Waals surface area (Å²) in [6.45, 7) is 0. The van der Waals surface area contributed by atoms with Gasteiger partial charge in [-0.15, -0.1) is 29.1 Å². The van der Waals surface area contributed by atoms with Crippen LogP contribution in [0.5, 0.6) is 0 Å². The van der Waals surface area contributed by atoms with Gasteiger partial charge in [-0.25, -0.2) is 15.0 Å². The molecule has 0 amide bonds. The molecule has 0 aliphatic rings. The summed E-state index contributed by atoms with van der Waals surface area (Å²) in [5.41, 5.74) is 7.19. The molecule has 4 heterocycles. The number of nitrogens with zero attached hydrogens (tertiary/aromatic N) is 5. The molecular formula is C12H8N6OS2. The van der Waals surface area contributed by atoms with Crippen molar-refractivity contribution in [1.82, 2.24) is 24.6 Å². The van der Waals surface area contributed by atoms with Gasteiger partial charge in [-0.1, -0.05) is 0 Å². The van der Waals surface area contributed by atoms with Gasteiger partial charge in [0.15, 0.2) is 11.4 Å². The second-order valence-corrected chi connectivity index (χ2v) is 5.51. The minimum atomic E-state index is 0.252. The molecule has 0 aliphatic carbocycles. The molecule has 4 rings (SSSR count). The van der Waals surface area contributed by atoms with E-state index >= 15 is 0 Å². The van der Waals surface area contributed by atoms with Gasteiger partial charge in [0.2, 0.25) is 11.8 Å². The quantitative estimate of drug-likeness (QED) is 0.551. The fraction of sp³-hybridized carbons (Fsp3) is 0. The van der Waals surface area contributed by atoms with E-state index < -0.39 is 0 Å². The van der Waals surface area contributed by atoms with Crippen molar-refractivity contribution in [2.75, 3.05) is 5.73 Å². The molecule has 4 aromatic rings. The second-order valence-electron chi connectivity index (χ2n) is 4.19. The zero-order valence-electron chi connectivity index (χ0n) is 10.5. The van der Waals surface area contributed by atoms with Crippen LogP contribution in [-0.4, -0.2) is 24.6 Å². The van der Waals surface area contributed by atoms with Gasteiger partial charge in [0, 0.05) is 11.6 Å². The van der Waals surface area contributed by atoms with Gasteiger partial charge < -0.3 is 10.2 Å². The molecule has 4 aromatic heterocycles. The number of anilines is 1. The van der Waals surface area contributed by atoms with Gasteiger partial charge >= 0.3 is 0 Å². The van der Waals surface area contributed by atoms with Crippen LogP contribution in [0.25, 0.3) is 27.8 Å². The maximum absolute atomic E-state index is 5.86. The highest BCUT2D eigenvalue weighted by atomic mass is 32.1. The van der Waals surface area contributed by atoms with Crippen molar-refractivity contribution in [3.05, 3.63) is 30.0 Å². The summed E-state index contributed by atoms with van der Waals surface area (Å²) in [7, 11) is 0. The maximum Gasteiger partial charge on any atom is 0.223 e. The fourth-order valence-electron chi connectivity index (χ4n) is 1.94. The van der Waals surface area contributed by atoms with Crippen LogP contribution in [0.15, 0.2) is 39.4 Å². The first-order valence-corrected chi connectivity index (χ1v) is 7.25. The highest BCUT2D eigenvalue weighted by molar-refractivity contribution is 7.80. The van der Waals surface area contributed by atoms with Gasteiger partial charge in [-0.2, -0.15) is 4.52 Å². The summed E-state index contributed by atoms with van der Waals surface area (Å²) < 4.78 is 6.79. The molecular weight excluding hydrogens is 308 g/mol. The van der Waals surface area contributed by atoms with E-state index in [0.29, 0.717) is 22.3 Å². The topological polar surface area (TPSA) is 95.1 Å². The molecule has 0 saturated carbocycles. The van der Waals surface area contributed by atoms with Gasteiger partial charge in [0.1, 0.15) is 10.0 Å². The molecule has 7 nitrogen and oxygen atoms in total. The molecule has 2 N–H and O–H groups in total.